The lowest BCUT2D eigenvalue weighted by Gasteiger charge is -2.21. The van der Waals surface area contributed by atoms with Gasteiger partial charge in [0, 0.05) is 0 Å². The molecule has 0 radical (unpaired) electrons. The average Bonchev–Trinajstić information content (AvgIpc) is 2.99. The fourth-order valence-corrected chi connectivity index (χ4v) is 1.87. The molecule has 1 aromatic rings. The maximum atomic E-state index is 11.9. The van der Waals surface area contributed by atoms with Crippen LogP contribution >= 0.6 is 0 Å². The van der Waals surface area contributed by atoms with Crippen LogP contribution in [0.4, 0.5) is 13.2 Å². The lowest BCUT2D eigenvalue weighted by Crippen LogP contribution is -2.56. The van der Waals surface area contributed by atoms with Crippen LogP contribution in [0.2, 0.25) is 0 Å². The molecule has 1 heterocycles. The number of para-hydroxylation sites is 1. The Bertz CT molecular complexity index is 596. The molecule has 0 amide bonds. The third-order valence-corrected chi connectivity index (χ3v) is 3.07. The first-order valence-electron chi connectivity index (χ1n) is 6.65. The number of alkyl halides is 3. The van der Waals surface area contributed by atoms with E-state index in [0.29, 0.717) is 18.7 Å². The molecule has 10 heteroatoms. The van der Waals surface area contributed by atoms with E-state index in [2.05, 4.69) is 5.32 Å². The average molecular weight is 349 g/mol. The monoisotopic (exact) mass is 349 g/mol. The molecule has 1 aliphatic rings. The van der Waals surface area contributed by atoms with Crippen molar-refractivity contribution in [3.63, 3.8) is 0 Å². The van der Waals surface area contributed by atoms with E-state index in [-0.39, 0.29) is 6.42 Å². The quantitative estimate of drug-likeness (QED) is 0.430. The van der Waals surface area contributed by atoms with E-state index in [4.69, 9.17) is 19.7 Å². The SMILES string of the molecule is O=C(O)C(F)(F)F.O=C(O)C1(C(=O)Oc2ccccc2)CCCN1. The number of aliphatic carboxylic acids is 2. The molecule has 1 unspecified atom stereocenters. The van der Waals surface area contributed by atoms with Gasteiger partial charge >= 0.3 is 24.1 Å². The Hall–Kier alpha value is -2.62. The van der Waals surface area contributed by atoms with Gasteiger partial charge in [0.1, 0.15) is 5.75 Å². The van der Waals surface area contributed by atoms with Crippen molar-refractivity contribution in [1.29, 1.82) is 0 Å². The summed E-state index contributed by atoms with van der Waals surface area (Å²) < 4.78 is 36.8. The van der Waals surface area contributed by atoms with Crippen molar-refractivity contribution < 1.29 is 42.5 Å². The topological polar surface area (TPSA) is 113 Å². The Morgan fingerprint density at radius 3 is 2.04 bits per heavy atom. The standard InChI is InChI=1S/C12H13NO4.C2HF3O2/c14-10(15)12(7-4-8-13-12)11(16)17-9-5-2-1-3-6-9;3-2(4,5)1(6)7/h1-3,5-6,13H,4,7-8H2,(H,14,15);(H,6,7). The van der Waals surface area contributed by atoms with Gasteiger partial charge in [0.05, 0.1) is 0 Å². The van der Waals surface area contributed by atoms with E-state index in [0.717, 1.165) is 0 Å². The van der Waals surface area contributed by atoms with Crippen molar-refractivity contribution in [1.82, 2.24) is 5.32 Å². The third-order valence-electron chi connectivity index (χ3n) is 3.07. The van der Waals surface area contributed by atoms with Crippen LogP contribution < -0.4 is 10.1 Å². The normalized spacial score (nSPS) is 19.8. The zero-order valence-corrected chi connectivity index (χ0v) is 12.2. The number of ether oxygens (including phenoxy) is 1. The molecule has 1 aromatic carbocycles. The highest BCUT2D eigenvalue weighted by Gasteiger charge is 2.50. The number of carbonyl (C=O) groups is 3. The van der Waals surface area contributed by atoms with E-state index < -0.39 is 29.6 Å². The highest BCUT2D eigenvalue weighted by atomic mass is 19.4. The van der Waals surface area contributed by atoms with Crippen molar-refractivity contribution in [3.05, 3.63) is 30.3 Å². The summed E-state index contributed by atoms with van der Waals surface area (Å²) in [6, 6.07) is 8.46. The summed E-state index contributed by atoms with van der Waals surface area (Å²) in [4.78, 5) is 32.0. The molecule has 0 saturated carbocycles. The lowest BCUT2D eigenvalue weighted by atomic mass is 9.98. The molecular weight excluding hydrogens is 335 g/mol. The fraction of sp³-hybridized carbons (Fsp3) is 0.357. The molecule has 1 fully saturated rings. The predicted molar refractivity (Wildman–Crippen MR) is 73.4 cm³/mol. The molecule has 7 nitrogen and oxygen atoms in total. The van der Waals surface area contributed by atoms with E-state index >= 15 is 0 Å². The van der Waals surface area contributed by atoms with Crippen LogP contribution in [-0.4, -0.2) is 46.4 Å². The molecular formula is C14H14F3NO6. The van der Waals surface area contributed by atoms with Crippen LogP contribution in [0, 0.1) is 0 Å². The Labute approximate surface area is 134 Å². The Morgan fingerprint density at radius 1 is 1.12 bits per heavy atom. The molecule has 1 saturated heterocycles. The van der Waals surface area contributed by atoms with E-state index in [1.807, 2.05) is 0 Å². The summed E-state index contributed by atoms with van der Waals surface area (Å²) in [6.07, 6.45) is -4.18. The van der Waals surface area contributed by atoms with Gasteiger partial charge in [-0.15, -0.1) is 0 Å². The number of halogens is 3. The minimum atomic E-state index is -5.08. The summed E-state index contributed by atoms with van der Waals surface area (Å²) in [7, 11) is 0. The minimum Gasteiger partial charge on any atom is -0.479 e. The van der Waals surface area contributed by atoms with Gasteiger partial charge in [-0.1, -0.05) is 18.2 Å². The van der Waals surface area contributed by atoms with Crippen LogP contribution in [0.5, 0.6) is 5.75 Å². The number of benzene rings is 1. The molecule has 0 aromatic heterocycles. The number of carbonyl (C=O) groups excluding carboxylic acids is 1. The summed E-state index contributed by atoms with van der Waals surface area (Å²) in [5, 5.41) is 19.0. The van der Waals surface area contributed by atoms with E-state index in [9.17, 15) is 22.8 Å². The Morgan fingerprint density at radius 2 is 1.67 bits per heavy atom. The number of nitrogens with one attached hydrogen (secondary N) is 1. The zero-order valence-electron chi connectivity index (χ0n) is 12.2. The molecule has 2 rings (SSSR count). The number of rotatable bonds is 3. The smallest absolute Gasteiger partial charge is 0.479 e. The second-order valence-corrected chi connectivity index (χ2v) is 4.75. The third kappa shape index (κ3) is 4.95. The van der Waals surface area contributed by atoms with Crippen LogP contribution in [0.1, 0.15) is 12.8 Å². The Kier molecular flexibility index (Phi) is 6.29. The molecule has 0 spiro atoms. The van der Waals surface area contributed by atoms with Gasteiger partial charge < -0.3 is 14.9 Å². The summed E-state index contributed by atoms with van der Waals surface area (Å²) in [6.45, 7) is 0.510. The van der Waals surface area contributed by atoms with Gasteiger partial charge in [0.25, 0.3) is 0 Å². The van der Waals surface area contributed by atoms with Gasteiger partial charge in [-0.05, 0) is 31.5 Å². The maximum Gasteiger partial charge on any atom is 0.490 e. The molecule has 1 aliphatic heterocycles. The predicted octanol–water partition coefficient (Wildman–Crippen LogP) is 1.43. The lowest BCUT2D eigenvalue weighted by molar-refractivity contribution is -0.192. The van der Waals surface area contributed by atoms with Crippen LogP contribution in [0.25, 0.3) is 0 Å². The number of carboxylic acids is 2. The second kappa shape index (κ2) is 7.77. The van der Waals surface area contributed by atoms with Crippen molar-refractivity contribution in [2.75, 3.05) is 6.54 Å². The van der Waals surface area contributed by atoms with Crippen molar-refractivity contribution in [2.24, 2.45) is 0 Å². The number of esters is 1. The van der Waals surface area contributed by atoms with Crippen LogP contribution in [-0.2, 0) is 14.4 Å². The van der Waals surface area contributed by atoms with Crippen molar-refractivity contribution in [3.8, 4) is 5.75 Å². The van der Waals surface area contributed by atoms with Gasteiger partial charge in [0.2, 0.25) is 5.54 Å². The van der Waals surface area contributed by atoms with Crippen LogP contribution in [0.3, 0.4) is 0 Å². The highest BCUT2D eigenvalue weighted by Crippen LogP contribution is 2.23. The summed E-state index contributed by atoms with van der Waals surface area (Å²) in [5.74, 6) is -4.34. The number of hydrogen-bond donors (Lipinski definition) is 3. The summed E-state index contributed by atoms with van der Waals surface area (Å²) >= 11 is 0. The van der Waals surface area contributed by atoms with Gasteiger partial charge in [-0.25, -0.2) is 14.4 Å². The zero-order chi connectivity index (χ0) is 18.4. The van der Waals surface area contributed by atoms with Crippen LogP contribution in [0.15, 0.2) is 30.3 Å². The van der Waals surface area contributed by atoms with Gasteiger partial charge in [0.15, 0.2) is 0 Å². The molecule has 24 heavy (non-hydrogen) atoms. The first-order chi connectivity index (χ1) is 11.1. The van der Waals surface area contributed by atoms with Crippen molar-refractivity contribution >= 4 is 17.9 Å². The van der Waals surface area contributed by atoms with E-state index in [1.54, 1.807) is 30.3 Å². The molecule has 3 N–H and O–H groups in total. The highest BCUT2D eigenvalue weighted by molar-refractivity contribution is 6.05. The van der Waals surface area contributed by atoms with E-state index in [1.165, 1.54) is 0 Å². The van der Waals surface area contributed by atoms with Gasteiger partial charge in [-0.2, -0.15) is 13.2 Å². The molecule has 0 bridgehead atoms. The number of hydrogen-bond acceptors (Lipinski definition) is 5. The number of carboxylic acid groups (broad SMARTS) is 2. The molecule has 1 atom stereocenters. The molecule has 0 aliphatic carbocycles. The maximum absolute atomic E-state index is 11.9. The first kappa shape index (κ1) is 19.4. The fourth-order valence-electron chi connectivity index (χ4n) is 1.87. The molecule has 132 valence electrons. The minimum absolute atomic E-state index is 0.258. The van der Waals surface area contributed by atoms with Crippen molar-refractivity contribution in [2.45, 2.75) is 24.6 Å². The van der Waals surface area contributed by atoms with Gasteiger partial charge in [-0.3, -0.25) is 5.32 Å². The summed E-state index contributed by atoms with van der Waals surface area (Å²) in [5.41, 5.74) is -1.59. The Balaban J connectivity index is 0.000000351. The first-order valence-corrected chi connectivity index (χ1v) is 6.65. The second-order valence-electron chi connectivity index (χ2n) is 4.75. The largest absolute Gasteiger partial charge is 0.490 e.